The summed E-state index contributed by atoms with van der Waals surface area (Å²) < 4.78 is 38.1. The molecule has 3 N–H and O–H groups in total. The summed E-state index contributed by atoms with van der Waals surface area (Å²) in [6.45, 7) is 4.81. The number of hydrogen-bond donors (Lipinski definition) is 3. The summed E-state index contributed by atoms with van der Waals surface area (Å²) in [6.07, 6.45) is 2.86. The minimum Gasteiger partial charge on any atom is -0.491 e. The summed E-state index contributed by atoms with van der Waals surface area (Å²) in [4.78, 5) is 17.4. The first kappa shape index (κ1) is 31.9. The van der Waals surface area contributed by atoms with Gasteiger partial charge in [0.2, 0.25) is 0 Å². The van der Waals surface area contributed by atoms with Gasteiger partial charge in [-0.2, -0.15) is 0 Å². The van der Waals surface area contributed by atoms with Crippen LogP contribution in [-0.2, 0) is 13.1 Å². The standard InChI is InChI=1S/C35H41F2N5O4/c36-27-5-1-25(2-6-27)21-42(29-11-15-38-16-12-29)35(44)39-20-24-3-8-31(9-4-24)45-23-30(43)22-41-17-13-26(14-18-41)34-32-10-7-28(37)19-33(32)46-40-34/h1-10,19,26,29-30,38,43H,11-18,20-23H2,(H,39,44). The number of piperidine rings is 2. The molecule has 2 amide bonds. The molecule has 0 saturated carbocycles. The first-order valence-corrected chi connectivity index (χ1v) is 16.1. The lowest BCUT2D eigenvalue weighted by atomic mass is 9.91. The van der Waals surface area contributed by atoms with Crippen molar-refractivity contribution in [1.82, 2.24) is 25.6 Å². The van der Waals surface area contributed by atoms with Crippen molar-refractivity contribution in [2.24, 2.45) is 0 Å². The van der Waals surface area contributed by atoms with E-state index in [-0.39, 0.29) is 36.2 Å². The van der Waals surface area contributed by atoms with Crippen molar-refractivity contribution in [3.05, 3.63) is 95.2 Å². The minimum absolute atomic E-state index is 0.112. The number of aliphatic hydroxyl groups is 1. The molecule has 0 aliphatic carbocycles. The molecule has 1 aromatic heterocycles. The van der Waals surface area contributed by atoms with Crippen LogP contribution in [0.3, 0.4) is 0 Å². The van der Waals surface area contributed by atoms with Gasteiger partial charge in [-0.3, -0.25) is 0 Å². The molecule has 6 rings (SSSR count). The summed E-state index contributed by atoms with van der Waals surface area (Å²) in [5.41, 5.74) is 3.18. The molecule has 11 heteroatoms. The van der Waals surface area contributed by atoms with Gasteiger partial charge in [-0.1, -0.05) is 29.4 Å². The van der Waals surface area contributed by atoms with Crippen LogP contribution in [0.25, 0.3) is 11.0 Å². The smallest absolute Gasteiger partial charge is 0.318 e. The lowest BCUT2D eigenvalue weighted by molar-refractivity contribution is 0.0592. The van der Waals surface area contributed by atoms with Crippen LogP contribution < -0.4 is 15.4 Å². The third-order valence-corrected chi connectivity index (χ3v) is 8.99. The number of aliphatic hydroxyl groups excluding tert-OH is 1. The number of fused-ring (bicyclic) bond motifs is 1. The molecule has 3 aromatic carbocycles. The molecule has 0 radical (unpaired) electrons. The molecule has 4 aromatic rings. The predicted molar refractivity (Wildman–Crippen MR) is 170 cm³/mol. The Bertz CT molecular complexity index is 1570. The Hall–Kier alpha value is -4.06. The van der Waals surface area contributed by atoms with E-state index in [9.17, 15) is 18.7 Å². The highest BCUT2D eigenvalue weighted by Crippen LogP contribution is 2.33. The number of carbonyl (C=O) groups is 1. The largest absolute Gasteiger partial charge is 0.491 e. The van der Waals surface area contributed by atoms with E-state index in [1.807, 2.05) is 29.2 Å². The normalized spacial score (nSPS) is 17.2. The topological polar surface area (TPSA) is 103 Å². The lowest BCUT2D eigenvalue weighted by Gasteiger charge is -2.35. The Morgan fingerprint density at radius 2 is 1.70 bits per heavy atom. The second-order valence-corrected chi connectivity index (χ2v) is 12.3. The van der Waals surface area contributed by atoms with Crippen LogP contribution in [0, 0.1) is 11.6 Å². The van der Waals surface area contributed by atoms with Gasteiger partial charge in [-0.25, -0.2) is 13.6 Å². The average molecular weight is 634 g/mol. The zero-order valence-corrected chi connectivity index (χ0v) is 25.8. The van der Waals surface area contributed by atoms with Crippen LogP contribution in [0.15, 0.2) is 71.3 Å². The maximum Gasteiger partial charge on any atom is 0.318 e. The van der Waals surface area contributed by atoms with Gasteiger partial charge in [0.1, 0.15) is 30.1 Å². The van der Waals surface area contributed by atoms with E-state index in [2.05, 4.69) is 20.7 Å². The van der Waals surface area contributed by atoms with Gasteiger partial charge in [0.25, 0.3) is 0 Å². The van der Waals surface area contributed by atoms with Crippen LogP contribution in [0.5, 0.6) is 5.75 Å². The van der Waals surface area contributed by atoms with Crippen LogP contribution in [-0.4, -0.2) is 77.6 Å². The summed E-state index contributed by atoms with van der Waals surface area (Å²) in [5.74, 6) is 0.256. The van der Waals surface area contributed by atoms with Gasteiger partial charge >= 0.3 is 6.03 Å². The first-order chi connectivity index (χ1) is 22.4. The zero-order valence-electron chi connectivity index (χ0n) is 25.8. The van der Waals surface area contributed by atoms with E-state index >= 15 is 0 Å². The molecule has 2 aliphatic heterocycles. The van der Waals surface area contributed by atoms with Crippen molar-refractivity contribution in [1.29, 1.82) is 0 Å². The van der Waals surface area contributed by atoms with Crippen molar-refractivity contribution in [2.75, 3.05) is 39.3 Å². The maximum atomic E-state index is 13.5. The van der Waals surface area contributed by atoms with Crippen LogP contribution in [0.1, 0.15) is 48.4 Å². The number of carbonyl (C=O) groups excluding carboxylic acids is 1. The SMILES string of the molecule is O=C(NCc1ccc(OCC(O)CN2CCC(c3noc4cc(F)ccc34)CC2)cc1)N(Cc1ccc(F)cc1)C1CCNCC1. The van der Waals surface area contributed by atoms with E-state index in [0.717, 1.165) is 74.1 Å². The Balaban J connectivity index is 0.936. The van der Waals surface area contributed by atoms with Gasteiger partial charge in [-0.15, -0.1) is 0 Å². The number of halogens is 2. The van der Waals surface area contributed by atoms with Crippen LogP contribution in [0.2, 0.25) is 0 Å². The van der Waals surface area contributed by atoms with Gasteiger partial charge < -0.3 is 34.8 Å². The average Bonchev–Trinajstić information content (AvgIpc) is 3.50. The number of likely N-dealkylation sites (tertiary alicyclic amines) is 1. The molecule has 0 bridgehead atoms. The molecular formula is C35H41F2N5O4. The van der Waals surface area contributed by atoms with Gasteiger partial charge in [0, 0.05) is 43.0 Å². The molecule has 0 spiro atoms. The van der Waals surface area contributed by atoms with Crippen LogP contribution >= 0.6 is 0 Å². The third kappa shape index (κ3) is 8.20. The number of amides is 2. The highest BCUT2D eigenvalue weighted by atomic mass is 19.1. The molecule has 1 atom stereocenters. The molecule has 46 heavy (non-hydrogen) atoms. The van der Waals surface area contributed by atoms with E-state index in [1.54, 1.807) is 18.2 Å². The van der Waals surface area contributed by atoms with E-state index in [4.69, 9.17) is 9.26 Å². The number of aromatic nitrogens is 1. The fourth-order valence-electron chi connectivity index (χ4n) is 6.41. The molecule has 244 valence electrons. The first-order valence-electron chi connectivity index (χ1n) is 16.1. The number of nitrogens with zero attached hydrogens (tertiary/aromatic N) is 3. The highest BCUT2D eigenvalue weighted by molar-refractivity contribution is 5.80. The fraction of sp³-hybridized carbons (Fsp3) is 0.429. The molecule has 2 saturated heterocycles. The predicted octanol–water partition coefficient (Wildman–Crippen LogP) is 5.19. The van der Waals surface area contributed by atoms with Gasteiger partial charge in [0.15, 0.2) is 5.58 Å². The van der Waals surface area contributed by atoms with Crippen molar-refractivity contribution in [2.45, 2.75) is 56.8 Å². The summed E-state index contributed by atoms with van der Waals surface area (Å²) in [7, 11) is 0. The fourth-order valence-corrected chi connectivity index (χ4v) is 6.41. The van der Waals surface area contributed by atoms with Crippen LogP contribution in [0.4, 0.5) is 13.6 Å². The number of urea groups is 1. The maximum absolute atomic E-state index is 13.5. The van der Waals surface area contributed by atoms with Crippen molar-refractivity contribution >= 4 is 17.0 Å². The molecule has 2 fully saturated rings. The van der Waals surface area contributed by atoms with Gasteiger partial charge in [-0.05, 0) is 99.4 Å². The third-order valence-electron chi connectivity index (χ3n) is 8.99. The number of ether oxygens (including phenoxy) is 1. The number of β-amino-alcohol motifs (C(OH)–C–C–N with tert-alkyl or cyclic N) is 1. The Morgan fingerprint density at radius 1 is 1.00 bits per heavy atom. The Labute approximate surface area is 267 Å². The van der Waals surface area contributed by atoms with Crippen molar-refractivity contribution in [3.63, 3.8) is 0 Å². The Kier molecular flexibility index (Phi) is 10.4. The second-order valence-electron chi connectivity index (χ2n) is 12.3. The number of nitrogens with one attached hydrogen (secondary N) is 2. The van der Waals surface area contributed by atoms with Gasteiger partial charge in [0.05, 0.1) is 5.69 Å². The van der Waals surface area contributed by atoms with E-state index in [1.165, 1.54) is 24.3 Å². The lowest BCUT2D eigenvalue weighted by Crippen LogP contribution is -2.49. The number of rotatable bonds is 11. The summed E-state index contributed by atoms with van der Waals surface area (Å²) in [5, 5.41) is 22.1. The highest BCUT2D eigenvalue weighted by Gasteiger charge is 2.27. The summed E-state index contributed by atoms with van der Waals surface area (Å²) >= 11 is 0. The quantitative estimate of drug-likeness (QED) is 0.209. The monoisotopic (exact) mass is 633 g/mol. The number of hydrogen-bond acceptors (Lipinski definition) is 7. The van der Waals surface area contributed by atoms with Crippen molar-refractivity contribution in [3.8, 4) is 5.75 Å². The molecule has 1 unspecified atom stereocenters. The van der Waals surface area contributed by atoms with E-state index in [0.29, 0.717) is 31.0 Å². The zero-order chi connectivity index (χ0) is 31.9. The molecule has 3 heterocycles. The van der Waals surface area contributed by atoms with Crippen molar-refractivity contribution < 1.29 is 27.9 Å². The second kappa shape index (κ2) is 15.0. The molecule has 2 aliphatic rings. The summed E-state index contributed by atoms with van der Waals surface area (Å²) in [6, 6.07) is 18.3. The molecule has 9 nitrogen and oxygen atoms in total. The minimum atomic E-state index is -0.645. The number of benzene rings is 3. The molecular weight excluding hydrogens is 592 g/mol. The Morgan fingerprint density at radius 3 is 2.43 bits per heavy atom. The van der Waals surface area contributed by atoms with E-state index < -0.39 is 6.10 Å².